The van der Waals surface area contributed by atoms with Crippen molar-refractivity contribution in [3.05, 3.63) is 81.7 Å². The number of carbonyl (C=O) groups is 2. The highest BCUT2D eigenvalue weighted by atomic mass is 32.1. The molecule has 1 heterocycles. The fourth-order valence-corrected chi connectivity index (χ4v) is 3.54. The lowest BCUT2D eigenvalue weighted by Crippen LogP contribution is -2.34. The van der Waals surface area contributed by atoms with Crippen molar-refractivity contribution >= 4 is 29.2 Å². The van der Waals surface area contributed by atoms with Gasteiger partial charge in [0.1, 0.15) is 11.4 Å². The molecule has 0 atom stereocenters. The molecule has 2 N–H and O–H groups in total. The van der Waals surface area contributed by atoms with Crippen molar-refractivity contribution in [1.29, 1.82) is 0 Å². The summed E-state index contributed by atoms with van der Waals surface area (Å²) in [4.78, 5) is 26.5. The number of hydrogen-bond donors (Lipinski definition) is 2. The summed E-state index contributed by atoms with van der Waals surface area (Å²) in [6.45, 7) is 0.249. The van der Waals surface area contributed by atoms with Crippen LogP contribution in [0.2, 0.25) is 0 Å². The number of rotatable bonds is 9. The summed E-state index contributed by atoms with van der Waals surface area (Å²) in [5, 5.41) is 7.46. The van der Waals surface area contributed by atoms with E-state index in [0.29, 0.717) is 22.8 Å². The van der Waals surface area contributed by atoms with E-state index in [1.165, 1.54) is 11.3 Å². The lowest BCUT2D eigenvalue weighted by molar-refractivity contribution is -0.117. The summed E-state index contributed by atoms with van der Waals surface area (Å²) in [7, 11) is 4.67. The van der Waals surface area contributed by atoms with Crippen molar-refractivity contribution in [1.82, 2.24) is 10.6 Å². The molecule has 0 saturated heterocycles. The van der Waals surface area contributed by atoms with E-state index in [2.05, 4.69) is 10.6 Å². The number of carbonyl (C=O) groups excluding carboxylic acids is 2. The Morgan fingerprint density at radius 1 is 0.938 bits per heavy atom. The van der Waals surface area contributed by atoms with E-state index in [0.717, 1.165) is 10.4 Å². The zero-order valence-corrected chi connectivity index (χ0v) is 18.8. The molecule has 3 aromatic rings. The Morgan fingerprint density at radius 2 is 1.69 bits per heavy atom. The highest BCUT2D eigenvalue weighted by molar-refractivity contribution is 7.10. The molecule has 166 valence electrons. The van der Waals surface area contributed by atoms with Gasteiger partial charge in [-0.2, -0.15) is 0 Å². The molecule has 0 aliphatic rings. The lowest BCUT2D eigenvalue weighted by Gasteiger charge is -2.13. The van der Waals surface area contributed by atoms with Crippen LogP contribution in [0.4, 0.5) is 0 Å². The van der Waals surface area contributed by atoms with Crippen LogP contribution in [0.3, 0.4) is 0 Å². The van der Waals surface area contributed by atoms with E-state index in [4.69, 9.17) is 14.2 Å². The van der Waals surface area contributed by atoms with E-state index in [1.54, 1.807) is 63.8 Å². The van der Waals surface area contributed by atoms with Gasteiger partial charge in [-0.1, -0.05) is 12.1 Å². The molecule has 2 aromatic carbocycles. The minimum absolute atomic E-state index is 0.147. The first kappa shape index (κ1) is 22.9. The molecule has 7 nitrogen and oxygen atoms in total. The first-order chi connectivity index (χ1) is 15.5. The molecular weight excluding hydrogens is 428 g/mol. The average molecular weight is 453 g/mol. The molecule has 0 aliphatic heterocycles. The first-order valence-electron chi connectivity index (χ1n) is 9.73. The van der Waals surface area contributed by atoms with Crippen LogP contribution in [0.25, 0.3) is 6.08 Å². The van der Waals surface area contributed by atoms with Crippen molar-refractivity contribution in [2.75, 3.05) is 21.3 Å². The highest BCUT2D eigenvalue weighted by Crippen LogP contribution is 2.27. The van der Waals surface area contributed by atoms with Crippen LogP contribution in [-0.2, 0) is 11.3 Å². The van der Waals surface area contributed by atoms with Crippen LogP contribution in [0, 0.1) is 0 Å². The zero-order chi connectivity index (χ0) is 22.9. The van der Waals surface area contributed by atoms with Gasteiger partial charge in [0, 0.05) is 17.0 Å². The number of benzene rings is 2. The van der Waals surface area contributed by atoms with E-state index in [9.17, 15) is 9.59 Å². The Balaban J connectivity index is 1.75. The molecule has 32 heavy (non-hydrogen) atoms. The van der Waals surface area contributed by atoms with Gasteiger partial charge in [-0.25, -0.2) is 0 Å². The van der Waals surface area contributed by atoms with Crippen LogP contribution in [0.15, 0.2) is 65.7 Å². The van der Waals surface area contributed by atoms with E-state index in [1.807, 2.05) is 23.6 Å². The minimum atomic E-state index is -0.407. The second kappa shape index (κ2) is 11.0. The van der Waals surface area contributed by atoms with Gasteiger partial charge in [-0.05, 0) is 59.5 Å². The number of amides is 2. The summed E-state index contributed by atoms with van der Waals surface area (Å²) >= 11 is 1.47. The van der Waals surface area contributed by atoms with Gasteiger partial charge in [0.15, 0.2) is 11.5 Å². The highest BCUT2D eigenvalue weighted by Gasteiger charge is 2.15. The molecule has 0 aliphatic carbocycles. The molecule has 0 radical (unpaired) electrons. The molecule has 0 spiro atoms. The Hall–Kier alpha value is -3.78. The molecule has 0 bridgehead atoms. The SMILES string of the molecule is COc1ccc(C(=O)N/C(=C\c2cccs2)C(=O)NCc2ccc(OC)c(OC)c2)cc1. The van der Waals surface area contributed by atoms with Crippen molar-refractivity contribution in [3.63, 3.8) is 0 Å². The fourth-order valence-electron chi connectivity index (χ4n) is 2.88. The smallest absolute Gasteiger partial charge is 0.268 e. The summed E-state index contributed by atoms with van der Waals surface area (Å²) in [5.41, 5.74) is 1.39. The maximum absolute atomic E-state index is 12.9. The normalized spacial score (nSPS) is 10.9. The Bertz CT molecular complexity index is 1090. The number of ether oxygens (including phenoxy) is 3. The van der Waals surface area contributed by atoms with Crippen LogP contribution >= 0.6 is 11.3 Å². The molecule has 3 rings (SSSR count). The van der Waals surface area contributed by atoms with E-state index in [-0.39, 0.29) is 12.2 Å². The molecular formula is C24H24N2O5S. The van der Waals surface area contributed by atoms with Crippen LogP contribution < -0.4 is 24.8 Å². The first-order valence-corrected chi connectivity index (χ1v) is 10.6. The fraction of sp³-hybridized carbons (Fsp3) is 0.167. The van der Waals surface area contributed by atoms with Gasteiger partial charge < -0.3 is 24.8 Å². The van der Waals surface area contributed by atoms with Gasteiger partial charge in [0.2, 0.25) is 0 Å². The zero-order valence-electron chi connectivity index (χ0n) is 18.0. The van der Waals surface area contributed by atoms with E-state index < -0.39 is 11.8 Å². The second-order valence-corrected chi connectivity index (χ2v) is 7.61. The summed E-state index contributed by atoms with van der Waals surface area (Å²) in [6, 6.07) is 15.8. The summed E-state index contributed by atoms with van der Waals surface area (Å²) in [5.74, 6) is 1.02. The molecule has 0 fully saturated rings. The molecule has 2 amide bonds. The monoisotopic (exact) mass is 452 g/mol. The average Bonchev–Trinajstić information content (AvgIpc) is 3.35. The van der Waals surface area contributed by atoms with Crippen molar-refractivity contribution in [2.45, 2.75) is 6.54 Å². The molecule has 1 aromatic heterocycles. The maximum Gasteiger partial charge on any atom is 0.268 e. The van der Waals surface area contributed by atoms with Gasteiger partial charge in [-0.3, -0.25) is 9.59 Å². The van der Waals surface area contributed by atoms with Gasteiger partial charge in [-0.15, -0.1) is 11.3 Å². The van der Waals surface area contributed by atoms with Crippen molar-refractivity contribution in [2.24, 2.45) is 0 Å². The van der Waals surface area contributed by atoms with Crippen LogP contribution in [-0.4, -0.2) is 33.1 Å². The van der Waals surface area contributed by atoms with Crippen molar-refractivity contribution in [3.8, 4) is 17.2 Å². The van der Waals surface area contributed by atoms with Gasteiger partial charge in [0.05, 0.1) is 21.3 Å². The molecule has 8 heteroatoms. The lowest BCUT2D eigenvalue weighted by atomic mass is 10.2. The third-order valence-corrected chi connectivity index (χ3v) is 5.40. The summed E-state index contributed by atoms with van der Waals surface area (Å²) in [6.07, 6.45) is 1.65. The standard InChI is InChI=1S/C24H24N2O5S/c1-29-18-9-7-17(8-10-18)23(27)26-20(14-19-5-4-12-32-19)24(28)25-15-16-6-11-21(30-2)22(13-16)31-3/h4-14H,15H2,1-3H3,(H,25,28)(H,26,27)/b20-14-. The predicted molar refractivity (Wildman–Crippen MR) is 124 cm³/mol. The Morgan fingerprint density at radius 3 is 2.31 bits per heavy atom. The minimum Gasteiger partial charge on any atom is -0.497 e. The number of thiophene rings is 1. The largest absolute Gasteiger partial charge is 0.497 e. The predicted octanol–water partition coefficient (Wildman–Crippen LogP) is 3.86. The van der Waals surface area contributed by atoms with Gasteiger partial charge in [0.25, 0.3) is 11.8 Å². The number of nitrogens with one attached hydrogen (secondary N) is 2. The Kier molecular flexibility index (Phi) is 7.88. The van der Waals surface area contributed by atoms with Crippen LogP contribution in [0.5, 0.6) is 17.2 Å². The van der Waals surface area contributed by atoms with Gasteiger partial charge >= 0.3 is 0 Å². The maximum atomic E-state index is 12.9. The number of methoxy groups -OCH3 is 3. The molecule has 0 saturated carbocycles. The quantitative estimate of drug-likeness (QED) is 0.482. The second-order valence-electron chi connectivity index (χ2n) is 6.63. The van der Waals surface area contributed by atoms with Crippen LogP contribution in [0.1, 0.15) is 20.8 Å². The third kappa shape index (κ3) is 5.89. The third-order valence-electron chi connectivity index (χ3n) is 4.58. The Labute approximate surface area is 190 Å². The van der Waals surface area contributed by atoms with Crippen molar-refractivity contribution < 1.29 is 23.8 Å². The van der Waals surface area contributed by atoms with E-state index >= 15 is 0 Å². The molecule has 0 unspecified atom stereocenters. The topological polar surface area (TPSA) is 85.9 Å². The number of hydrogen-bond acceptors (Lipinski definition) is 6. The summed E-state index contributed by atoms with van der Waals surface area (Å²) < 4.78 is 15.7.